The van der Waals surface area contributed by atoms with Gasteiger partial charge in [0.15, 0.2) is 17.3 Å². The molecule has 16 heteroatoms. The van der Waals surface area contributed by atoms with Crippen molar-refractivity contribution in [1.29, 1.82) is 0 Å². The first kappa shape index (κ1) is 26.1. The highest BCUT2D eigenvalue weighted by Crippen LogP contribution is 2.27. The monoisotopic (exact) mass is 531 g/mol. The molecule has 12 nitrogen and oxygen atoms in total. The molecule has 4 rings (SSSR count). The first-order valence-electron chi connectivity index (χ1n) is 10.7. The third kappa shape index (κ3) is 5.85. The number of aromatic nitrogens is 7. The second-order valence-electron chi connectivity index (χ2n) is 7.64. The van der Waals surface area contributed by atoms with Crippen LogP contribution in [-0.2, 0) is 18.0 Å². The zero-order chi connectivity index (χ0) is 27.4. The minimum Gasteiger partial charge on any atom is -0.441 e. The molecule has 2 amide bonds. The summed E-state index contributed by atoms with van der Waals surface area (Å²) in [6.45, 7) is 1.47. The Labute approximate surface area is 211 Å². The Morgan fingerprint density at radius 1 is 1.03 bits per heavy atom. The van der Waals surface area contributed by atoms with E-state index in [0.29, 0.717) is 6.07 Å². The lowest BCUT2D eigenvalue weighted by Crippen LogP contribution is -2.19. The van der Waals surface area contributed by atoms with Crippen molar-refractivity contribution in [1.82, 2.24) is 34.9 Å². The molecule has 0 spiro atoms. The molecule has 0 aromatic carbocycles. The number of nitrogens with one attached hydrogen (secondary N) is 2. The van der Waals surface area contributed by atoms with E-state index < -0.39 is 35.9 Å². The van der Waals surface area contributed by atoms with Gasteiger partial charge >= 0.3 is 12.3 Å². The highest BCUT2D eigenvalue weighted by atomic mass is 19.4. The summed E-state index contributed by atoms with van der Waals surface area (Å²) >= 11 is 0. The third-order valence-electron chi connectivity index (χ3n) is 5.01. The van der Waals surface area contributed by atoms with Gasteiger partial charge in [0.05, 0.1) is 18.0 Å². The van der Waals surface area contributed by atoms with Crippen LogP contribution in [0, 0.1) is 5.95 Å². The molecule has 4 aromatic heterocycles. The fraction of sp³-hybridized carbons (Fsp3) is 0.182. The molecule has 0 aliphatic rings. The molecule has 4 heterocycles. The summed E-state index contributed by atoms with van der Waals surface area (Å²) in [5.74, 6) is -1.44. The number of hydrogen-bond donors (Lipinski definition) is 2. The molecule has 196 valence electrons. The van der Waals surface area contributed by atoms with Crippen molar-refractivity contribution in [3.05, 3.63) is 71.8 Å². The van der Waals surface area contributed by atoms with Crippen LogP contribution >= 0.6 is 0 Å². The van der Waals surface area contributed by atoms with Crippen molar-refractivity contribution in [2.75, 3.05) is 10.6 Å². The van der Waals surface area contributed by atoms with E-state index in [4.69, 9.17) is 4.74 Å². The average Bonchev–Trinajstić information content (AvgIpc) is 3.23. The fourth-order valence-electron chi connectivity index (χ4n) is 3.12. The molecule has 1 atom stereocenters. The molecule has 0 fully saturated rings. The van der Waals surface area contributed by atoms with Gasteiger partial charge in [-0.1, -0.05) is 5.21 Å². The quantitative estimate of drug-likeness (QED) is 0.280. The van der Waals surface area contributed by atoms with Crippen molar-refractivity contribution in [3.63, 3.8) is 0 Å². The maximum atomic E-state index is 13.9. The van der Waals surface area contributed by atoms with Gasteiger partial charge in [-0.15, -0.1) is 5.10 Å². The van der Waals surface area contributed by atoms with Gasteiger partial charge in [-0.2, -0.15) is 17.6 Å². The molecule has 0 saturated carbocycles. The van der Waals surface area contributed by atoms with Gasteiger partial charge < -0.3 is 10.1 Å². The number of carbonyl (C=O) groups is 2. The smallest absolute Gasteiger partial charge is 0.433 e. The molecular weight excluding hydrogens is 514 g/mol. The van der Waals surface area contributed by atoms with Crippen LogP contribution < -0.4 is 10.6 Å². The number of aryl methyl sites for hydroxylation is 1. The van der Waals surface area contributed by atoms with Crippen LogP contribution in [0.4, 0.5) is 34.0 Å². The van der Waals surface area contributed by atoms with Gasteiger partial charge in [0.25, 0.3) is 5.91 Å². The summed E-state index contributed by atoms with van der Waals surface area (Å²) in [6.07, 6.45) is -2.03. The molecular formula is C22H17F4N9O3. The van der Waals surface area contributed by atoms with E-state index in [1.54, 1.807) is 0 Å². The number of anilines is 2. The molecule has 0 aliphatic heterocycles. The maximum Gasteiger partial charge on any atom is 0.433 e. The Bertz CT molecular complexity index is 1460. The molecule has 0 radical (unpaired) electrons. The number of ether oxygens (including phenoxy) is 1. The number of carbonyl (C=O) groups excluding carboxylic acids is 2. The van der Waals surface area contributed by atoms with Crippen molar-refractivity contribution < 1.29 is 31.9 Å². The van der Waals surface area contributed by atoms with E-state index in [2.05, 4.69) is 40.9 Å². The Morgan fingerprint density at radius 3 is 2.45 bits per heavy atom. The highest BCUT2D eigenvalue weighted by molar-refractivity contribution is 6.03. The van der Waals surface area contributed by atoms with Crippen LogP contribution in [0.25, 0.3) is 11.4 Å². The molecule has 38 heavy (non-hydrogen) atoms. The van der Waals surface area contributed by atoms with Crippen LogP contribution in [0.2, 0.25) is 0 Å². The summed E-state index contributed by atoms with van der Waals surface area (Å²) in [6, 6.07) is 4.60. The van der Waals surface area contributed by atoms with E-state index >= 15 is 0 Å². The maximum absolute atomic E-state index is 13.9. The second-order valence-corrected chi connectivity index (χ2v) is 7.64. The minimum absolute atomic E-state index is 0.0104. The Hall–Kier alpha value is -5.02. The van der Waals surface area contributed by atoms with Crippen LogP contribution in [0.15, 0.2) is 49.1 Å². The van der Waals surface area contributed by atoms with Gasteiger partial charge in [-0.25, -0.2) is 24.4 Å². The molecule has 2 N–H and O–H groups in total. The first-order valence-corrected chi connectivity index (χ1v) is 10.7. The average molecular weight is 531 g/mol. The van der Waals surface area contributed by atoms with Crippen molar-refractivity contribution >= 4 is 23.6 Å². The van der Waals surface area contributed by atoms with Gasteiger partial charge in [0.1, 0.15) is 17.5 Å². The predicted molar refractivity (Wildman–Crippen MR) is 122 cm³/mol. The van der Waals surface area contributed by atoms with Crippen LogP contribution in [0.1, 0.15) is 34.6 Å². The zero-order valence-corrected chi connectivity index (χ0v) is 19.6. The SMILES string of the molecule is C[C@@H](OC(=O)Nc1c(-c2cnc(NC(=O)c3ccc(C(F)(F)F)nc3)cn2)nnn1C)c1cccnc1F. The Kier molecular flexibility index (Phi) is 7.22. The standard InChI is InChI=1S/C22H17F4N9O3/c1-11(13-4-3-7-27-18(13)23)38-21(37)32-19-17(33-34-35(19)2)14-9-30-16(10-28-14)31-20(36)12-5-6-15(29-8-12)22(24,25)26/h3-11H,1-2H3,(H,32,37)(H,30,31,36)/t11-/m1/s1. The van der Waals surface area contributed by atoms with E-state index in [1.807, 2.05) is 0 Å². The Balaban J connectivity index is 1.43. The summed E-state index contributed by atoms with van der Waals surface area (Å²) < 4.78 is 58.2. The van der Waals surface area contributed by atoms with Crippen molar-refractivity contribution in [2.45, 2.75) is 19.2 Å². The lowest BCUT2D eigenvalue weighted by Gasteiger charge is -2.14. The number of alkyl halides is 3. The largest absolute Gasteiger partial charge is 0.441 e. The molecule has 4 aromatic rings. The van der Waals surface area contributed by atoms with Gasteiger partial charge in [0.2, 0.25) is 5.95 Å². The lowest BCUT2D eigenvalue weighted by atomic mass is 10.2. The Morgan fingerprint density at radius 2 is 1.82 bits per heavy atom. The summed E-state index contributed by atoms with van der Waals surface area (Å²) in [5.41, 5.74) is -0.894. The topological polar surface area (TPSA) is 150 Å². The van der Waals surface area contributed by atoms with Crippen LogP contribution in [0.3, 0.4) is 0 Å². The number of amides is 2. The van der Waals surface area contributed by atoms with Crippen LogP contribution in [-0.4, -0.2) is 46.9 Å². The van der Waals surface area contributed by atoms with E-state index in [1.165, 1.54) is 49.4 Å². The summed E-state index contributed by atoms with van der Waals surface area (Å²) in [5, 5.41) is 12.6. The van der Waals surface area contributed by atoms with Gasteiger partial charge in [0, 0.05) is 25.0 Å². The molecule has 0 aliphatic carbocycles. The van der Waals surface area contributed by atoms with E-state index in [9.17, 15) is 27.2 Å². The predicted octanol–water partition coefficient (Wildman–Crippen LogP) is 3.78. The molecule has 0 saturated heterocycles. The number of hydrogen-bond acceptors (Lipinski definition) is 9. The highest BCUT2D eigenvalue weighted by Gasteiger charge is 2.32. The number of pyridine rings is 2. The van der Waals surface area contributed by atoms with E-state index in [0.717, 1.165) is 12.3 Å². The summed E-state index contributed by atoms with van der Waals surface area (Å²) in [4.78, 5) is 39.7. The lowest BCUT2D eigenvalue weighted by molar-refractivity contribution is -0.141. The van der Waals surface area contributed by atoms with E-state index in [-0.39, 0.29) is 34.2 Å². The number of nitrogens with zero attached hydrogens (tertiary/aromatic N) is 7. The van der Waals surface area contributed by atoms with Crippen LogP contribution in [0.5, 0.6) is 0 Å². The molecule has 0 unspecified atom stereocenters. The zero-order valence-electron chi connectivity index (χ0n) is 19.6. The second kappa shape index (κ2) is 10.5. The molecule has 0 bridgehead atoms. The van der Waals surface area contributed by atoms with Gasteiger partial charge in [-0.05, 0) is 31.2 Å². The van der Waals surface area contributed by atoms with Gasteiger partial charge in [-0.3, -0.25) is 15.1 Å². The number of rotatable bonds is 6. The van der Waals surface area contributed by atoms with Crippen molar-refractivity contribution in [2.24, 2.45) is 7.05 Å². The summed E-state index contributed by atoms with van der Waals surface area (Å²) in [7, 11) is 1.50. The van der Waals surface area contributed by atoms with Crippen molar-refractivity contribution in [3.8, 4) is 11.4 Å². The third-order valence-corrected chi connectivity index (χ3v) is 5.01. The minimum atomic E-state index is -4.63. The number of halogens is 4. The first-order chi connectivity index (χ1) is 18.0. The normalized spacial score (nSPS) is 12.1. The fourth-order valence-corrected chi connectivity index (χ4v) is 3.12.